The molecular weight excluding hydrogens is 698 g/mol. The van der Waals surface area contributed by atoms with Crippen LogP contribution >= 0.6 is 11.6 Å². The minimum absolute atomic E-state index is 0. The number of aromatic nitrogens is 3. The Labute approximate surface area is 300 Å². The van der Waals surface area contributed by atoms with Gasteiger partial charge in [0.2, 0.25) is 17.2 Å². The molecule has 3 aromatic carbocycles. The minimum Gasteiger partial charge on any atom is -0.505 e. The summed E-state index contributed by atoms with van der Waals surface area (Å²) in [5, 5.41) is 32.2. The normalized spacial score (nSPS) is 11.8. The number of nitriles is 1. The van der Waals surface area contributed by atoms with E-state index in [4.69, 9.17) is 21.4 Å². The van der Waals surface area contributed by atoms with E-state index in [1.54, 1.807) is 6.19 Å². The number of halogens is 1. The van der Waals surface area contributed by atoms with Crippen molar-refractivity contribution in [2.75, 3.05) is 23.0 Å². The van der Waals surface area contributed by atoms with Crippen molar-refractivity contribution in [1.29, 1.82) is 5.26 Å². The molecule has 232 valence electrons. The Morgan fingerprint density at radius 2 is 1.59 bits per heavy atom. The van der Waals surface area contributed by atoms with Crippen molar-refractivity contribution >= 4 is 130 Å². The number of nitrogens with zero attached hydrogens (tertiary/aromatic N) is 6. The molecular formula is C22H17ClLiN8NaO10S3. The van der Waals surface area contributed by atoms with E-state index in [1.165, 1.54) is 30.3 Å². The van der Waals surface area contributed by atoms with Crippen LogP contribution in [0.25, 0.3) is 10.8 Å². The Bertz CT molecular complexity index is 2170. The number of sulfone groups is 1. The van der Waals surface area contributed by atoms with Crippen molar-refractivity contribution in [3.05, 3.63) is 53.8 Å². The number of rotatable bonds is 11. The molecule has 4 aromatic rings. The molecule has 0 aliphatic heterocycles. The van der Waals surface area contributed by atoms with Crippen molar-refractivity contribution in [3.8, 4) is 11.9 Å². The first-order valence-corrected chi connectivity index (χ1v) is 16.4. The second-order valence-electron chi connectivity index (χ2n) is 8.36. The van der Waals surface area contributed by atoms with Gasteiger partial charge in [-0.05, 0) is 65.5 Å². The van der Waals surface area contributed by atoms with Crippen LogP contribution in [0.2, 0.25) is 5.28 Å². The average molecular weight is 715 g/mol. The predicted octanol–water partition coefficient (Wildman–Crippen LogP) is 2.51. The molecule has 0 aliphatic carbocycles. The van der Waals surface area contributed by atoms with Crippen LogP contribution < -0.4 is 10.6 Å². The van der Waals surface area contributed by atoms with E-state index in [2.05, 4.69) is 40.0 Å². The van der Waals surface area contributed by atoms with Gasteiger partial charge in [0, 0.05) is 59.5 Å². The standard InChI is InChI=1S/C22H17ClN8O10S3.Li.Na/c23-20-27-21(25-11-24)29-22(28-20)26-14-3-6-16-12(9-14)10-17(43(35,36)37)18(19(16)32)31-30-13-1-4-15(5-2-13)42(33,34)8-7-41-44(38,39)40;;/h1-6,9-10,32H,7-8H2,(H,35,36,37)(H,38,39,40)(H2,25,26,27,28,29);;. The van der Waals surface area contributed by atoms with Crippen LogP contribution in [-0.2, 0) is 34.5 Å². The Morgan fingerprint density at radius 3 is 2.20 bits per heavy atom. The van der Waals surface area contributed by atoms with Gasteiger partial charge in [0.1, 0.15) is 10.6 Å². The average Bonchev–Trinajstić information content (AvgIpc) is 2.91. The van der Waals surface area contributed by atoms with Crippen molar-refractivity contribution in [2.45, 2.75) is 9.79 Å². The summed E-state index contributed by atoms with van der Waals surface area (Å²) in [4.78, 5) is 10.5. The summed E-state index contributed by atoms with van der Waals surface area (Å²) in [5.74, 6) is -1.64. The van der Waals surface area contributed by atoms with Crippen LogP contribution in [0.5, 0.6) is 5.75 Å². The molecule has 1 heterocycles. The van der Waals surface area contributed by atoms with E-state index in [1.807, 2.05) is 0 Å². The molecule has 24 heteroatoms. The van der Waals surface area contributed by atoms with Gasteiger partial charge in [-0.3, -0.25) is 14.4 Å². The number of benzene rings is 3. The van der Waals surface area contributed by atoms with E-state index < -0.39 is 59.0 Å². The van der Waals surface area contributed by atoms with Crippen LogP contribution in [0.1, 0.15) is 0 Å². The van der Waals surface area contributed by atoms with Crippen LogP contribution in [-0.4, -0.2) is 115 Å². The molecule has 0 atom stereocenters. The molecule has 0 bridgehead atoms. The van der Waals surface area contributed by atoms with E-state index in [0.717, 1.165) is 18.2 Å². The summed E-state index contributed by atoms with van der Waals surface area (Å²) >= 11 is 5.83. The first-order chi connectivity index (χ1) is 20.6. The zero-order chi connectivity index (χ0) is 32.3. The summed E-state index contributed by atoms with van der Waals surface area (Å²) < 4.78 is 92.7. The number of nitrogens with one attached hydrogen (secondary N) is 2. The Balaban J connectivity index is 0.00000368. The van der Waals surface area contributed by atoms with Crippen LogP contribution in [0.3, 0.4) is 0 Å². The molecule has 0 saturated carbocycles. The maximum absolute atomic E-state index is 12.3. The molecule has 0 fully saturated rings. The second-order valence-corrected chi connectivity index (χ2v) is 13.3. The van der Waals surface area contributed by atoms with Gasteiger partial charge >= 0.3 is 10.4 Å². The summed E-state index contributed by atoms with van der Waals surface area (Å²) in [6.07, 6.45) is 1.63. The largest absolute Gasteiger partial charge is 0.505 e. The molecule has 0 spiro atoms. The van der Waals surface area contributed by atoms with Gasteiger partial charge in [-0.1, -0.05) is 0 Å². The molecule has 0 saturated heterocycles. The summed E-state index contributed by atoms with van der Waals surface area (Å²) in [6.45, 7) is -0.827. The maximum Gasteiger partial charge on any atom is 0.397 e. The fourth-order valence-corrected chi connectivity index (χ4v) is 5.86. The molecule has 5 N–H and O–H groups in total. The topological polar surface area (TPSA) is 284 Å². The minimum atomic E-state index is -4.96. The summed E-state index contributed by atoms with van der Waals surface area (Å²) in [6, 6.07) is 9.86. The molecule has 1 aromatic heterocycles. The van der Waals surface area contributed by atoms with Gasteiger partial charge in [-0.15, -0.1) is 5.11 Å². The number of hydrogen-bond acceptors (Lipinski definition) is 16. The van der Waals surface area contributed by atoms with Gasteiger partial charge in [0.05, 0.1) is 22.9 Å². The fraction of sp³-hybridized carbons (Fsp3) is 0.0909. The van der Waals surface area contributed by atoms with Crippen molar-refractivity contribution < 1.29 is 43.6 Å². The van der Waals surface area contributed by atoms with E-state index in [9.17, 15) is 34.9 Å². The third-order valence-electron chi connectivity index (χ3n) is 5.41. The number of anilines is 3. The number of hydrogen-bond donors (Lipinski definition) is 5. The molecule has 46 heavy (non-hydrogen) atoms. The SMILES string of the molecule is N#CNc1nc(Cl)nc(Nc2ccc3c(O)c(N=Nc4ccc(S(=O)(=O)CCOS(=O)(=O)O)cc4)c(S(=O)(=O)O)cc3c2)n1.[Li].[Na]. The van der Waals surface area contributed by atoms with Gasteiger partial charge in [0.25, 0.3) is 10.1 Å². The smallest absolute Gasteiger partial charge is 0.397 e. The van der Waals surface area contributed by atoms with Gasteiger partial charge < -0.3 is 10.4 Å². The third-order valence-corrected chi connectivity index (χ3v) is 8.60. The Morgan fingerprint density at radius 1 is 0.935 bits per heavy atom. The first kappa shape index (κ1) is 39.2. The molecule has 0 amide bonds. The Hall–Kier alpha value is -2.96. The van der Waals surface area contributed by atoms with Gasteiger partial charge in [-0.25, -0.2) is 12.6 Å². The van der Waals surface area contributed by atoms with E-state index in [0.29, 0.717) is 0 Å². The summed E-state index contributed by atoms with van der Waals surface area (Å²) in [7, 11) is -13.8. The molecule has 0 unspecified atom stereocenters. The quantitative estimate of drug-likeness (QED) is 0.0490. The summed E-state index contributed by atoms with van der Waals surface area (Å²) in [5.41, 5.74) is -0.312. The first-order valence-electron chi connectivity index (χ1n) is 11.5. The fourth-order valence-electron chi connectivity index (χ4n) is 3.56. The van der Waals surface area contributed by atoms with Crippen LogP contribution in [0.4, 0.5) is 29.0 Å². The van der Waals surface area contributed by atoms with Crippen LogP contribution in [0.15, 0.2) is 68.6 Å². The number of phenols is 1. The number of aromatic hydroxyl groups is 1. The van der Waals surface area contributed by atoms with Gasteiger partial charge in [0.15, 0.2) is 21.8 Å². The van der Waals surface area contributed by atoms with Crippen molar-refractivity contribution in [3.63, 3.8) is 0 Å². The number of phenolic OH excluding ortho intramolecular Hbond substituents is 1. The van der Waals surface area contributed by atoms with E-state index >= 15 is 0 Å². The Kier molecular flexibility index (Phi) is 13.4. The maximum atomic E-state index is 12.3. The van der Waals surface area contributed by atoms with Crippen molar-refractivity contribution in [1.82, 2.24) is 15.0 Å². The molecule has 2 radical (unpaired) electrons. The number of azo groups is 1. The van der Waals surface area contributed by atoms with Crippen molar-refractivity contribution in [2.24, 2.45) is 10.2 Å². The molecule has 18 nitrogen and oxygen atoms in total. The number of fused-ring (bicyclic) bond motifs is 1. The third kappa shape index (κ3) is 10.3. The zero-order valence-electron chi connectivity index (χ0n) is 23.5. The van der Waals surface area contributed by atoms with Gasteiger partial charge in [-0.2, -0.15) is 42.2 Å². The molecule has 4 rings (SSSR count). The van der Waals surface area contributed by atoms with E-state index in [-0.39, 0.29) is 92.6 Å². The molecule has 0 aliphatic rings. The zero-order valence-corrected chi connectivity index (χ0v) is 28.7. The predicted molar refractivity (Wildman–Crippen MR) is 164 cm³/mol. The monoisotopic (exact) mass is 714 g/mol. The second kappa shape index (κ2) is 15.8. The van der Waals surface area contributed by atoms with Crippen LogP contribution in [0, 0.1) is 11.5 Å².